The van der Waals surface area contributed by atoms with Gasteiger partial charge in [0, 0.05) is 12.1 Å². The van der Waals surface area contributed by atoms with E-state index in [4.69, 9.17) is 5.84 Å². The molecule has 7 heteroatoms. The number of benzene rings is 1. The lowest BCUT2D eigenvalue weighted by Crippen LogP contribution is -2.25. The number of nitrogens with one attached hydrogen (secondary N) is 2. The molecule has 1 aromatic heterocycles. The van der Waals surface area contributed by atoms with E-state index in [1.807, 2.05) is 0 Å². The molecule has 0 unspecified atom stereocenters. The van der Waals surface area contributed by atoms with Crippen LogP contribution in [0, 0.1) is 11.6 Å². The maximum Gasteiger partial charge on any atom is 0.270 e. The summed E-state index contributed by atoms with van der Waals surface area (Å²) in [6.45, 7) is -0.135. The van der Waals surface area contributed by atoms with Gasteiger partial charge in [-0.05, 0) is 30.3 Å². The molecular weight excluding hydrogens is 266 g/mol. The molecule has 2 rings (SSSR count). The first kappa shape index (κ1) is 13.9. The van der Waals surface area contributed by atoms with Crippen LogP contribution in [0.5, 0.6) is 0 Å². The number of hydrogen-bond acceptors (Lipinski definition) is 4. The topological polar surface area (TPSA) is 80.0 Å². The number of amides is 1. The SMILES string of the molecule is NNc1cccc(C(=O)NCc2cc(F)ccc2F)n1. The zero-order chi connectivity index (χ0) is 14.5. The van der Waals surface area contributed by atoms with Gasteiger partial charge in [0.1, 0.15) is 23.1 Å². The van der Waals surface area contributed by atoms with Crippen LogP contribution in [0.3, 0.4) is 0 Å². The Morgan fingerprint density at radius 1 is 1.25 bits per heavy atom. The maximum atomic E-state index is 13.4. The van der Waals surface area contributed by atoms with E-state index in [1.165, 1.54) is 6.07 Å². The molecule has 0 saturated carbocycles. The summed E-state index contributed by atoms with van der Waals surface area (Å²) in [6.07, 6.45) is 0. The van der Waals surface area contributed by atoms with Crippen molar-refractivity contribution in [3.05, 3.63) is 59.3 Å². The largest absolute Gasteiger partial charge is 0.347 e. The number of nitrogen functional groups attached to an aromatic ring is 1. The Balaban J connectivity index is 2.06. The third-order valence-electron chi connectivity index (χ3n) is 2.58. The number of hydrogen-bond donors (Lipinski definition) is 3. The second kappa shape index (κ2) is 6.07. The van der Waals surface area contributed by atoms with Crippen LogP contribution in [-0.4, -0.2) is 10.9 Å². The predicted molar refractivity (Wildman–Crippen MR) is 69.6 cm³/mol. The molecule has 0 aliphatic carbocycles. The fourth-order valence-electron chi connectivity index (χ4n) is 1.59. The lowest BCUT2D eigenvalue weighted by atomic mass is 10.2. The van der Waals surface area contributed by atoms with Crippen LogP contribution in [0.1, 0.15) is 16.1 Å². The molecule has 0 atom stereocenters. The Morgan fingerprint density at radius 3 is 2.80 bits per heavy atom. The summed E-state index contributed by atoms with van der Waals surface area (Å²) in [4.78, 5) is 15.8. The van der Waals surface area contributed by atoms with Crippen molar-refractivity contribution in [2.24, 2.45) is 5.84 Å². The van der Waals surface area contributed by atoms with Crippen LogP contribution in [0.2, 0.25) is 0 Å². The second-order valence-corrected chi connectivity index (χ2v) is 3.97. The minimum atomic E-state index is -0.586. The van der Waals surface area contributed by atoms with E-state index in [2.05, 4.69) is 15.7 Å². The minimum absolute atomic E-state index is 0.0615. The molecule has 20 heavy (non-hydrogen) atoms. The smallest absolute Gasteiger partial charge is 0.270 e. The van der Waals surface area contributed by atoms with Crippen LogP contribution in [-0.2, 0) is 6.54 Å². The molecule has 104 valence electrons. The van der Waals surface area contributed by atoms with Crippen LogP contribution in [0.4, 0.5) is 14.6 Å². The molecule has 1 amide bonds. The molecule has 2 aromatic rings. The van der Waals surface area contributed by atoms with E-state index in [9.17, 15) is 13.6 Å². The molecule has 0 radical (unpaired) electrons. The van der Waals surface area contributed by atoms with E-state index >= 15 is 0 Å². The molecule has 0 spiro atoms. The fraction of sp³-hybridized carbons (Fsp3) is 0.0769. The van der Waals surface area contributed by atoms with Crippen LogP contribution in [0.15, 0.2) is 36.4 Å². The fourth-order valence-corrected chi connectivity index (χ4v) is 1.59. The summed E-state index contributed by atoms with van der Waals surface area (Å²) in [5.74, 6) is 3.85. The van der Waals surface area contributed by atoms with Crippen molar-refractivity contribution in [1.29, 1.82) is 0 Å². The molecule has 1 aromatic carbocycles. The third kappa shape index (κ3) is 3.27. The number of halogens is 2. The molecule has 0 bridgehead atoms. The summed E-state index contributed by atoms with van der Waals surface area (Å²) < 4.78 is 26.4. The number of aromatic nitrogens is 1. The van der Waals surface area contributed by atoms with Crippen molar-refractivity contribution in [3.8, 4) is 0 Å². The van der Waals surface area contributed by atoms with Gasteiger partial charge in [-0.2, -0.15) is 0 Å². The lowest BCUT2D eigenvalue weighted by molar-refractivity contribution is 0.0945. The molecular formula is C13H12F2N4O. The summed E-state index contributed by atoms with van der Waals surface area (Å²) in [7, 11) is 0. The molecule has 4 N–H and O–H groups in total. The van der Waals surface area contributed by atoms with Gasteiger partial charge in [-0.15, -0.1) is 0 Å². The van der Waals surface area contributed by atoms with E-state index in [0.29, 0.717) is 5.82 Å². The van der Waals surface area contributed by atoms with E-state index < -0.39 is 17.5 Å². The molecule has 0 fully saturated rings. The van der Waals surface area contributed by atoms with E-state index in [1.54, 1.807) is 12.1 Å². The van der Waals surface area contributed by atoms with Crippen molar-refractivity contribution in [1.82, 2.24) is 10.3 Å². The molecule has 0 aliphatic rings. The first-order chi connectivity index (χ1) is 9.60. The summed E-state index contributed by atoms with van der Waals surface area (Å²) >= 11 is 0. The molecule has 0 saturated heterocycles. The quantitative estimate of drug-likeness (QED) is 0.586. The predicted octanol–water partition coefficient (Wildman–Crippen LogP) is 1.58. The molecule has 5 nitrogen and oxygen atoms in total. The highest BCUT2D eigenvalue weighted by Gasteiger charge is 2.10. The van der Waals surface area contributed by atoms with Gasteiger partial charge in [0.25, 0.3) is 5.91 Å². The average molecular weight is 278 g/mol. The summed E-state index contributed by atoms with van der Waals surface area (Å²) in [5, 5.41) is 2.46. The highest BCUT2D eigenvalue weighted by molar-refractivity contribution is 5.92. The zero-order valence-electron chi connectivity index (χ0n) is 10.4. The highest BCUT2D eigenvalue weighted by atomic mass is 19.1. The number of carbonyl (C=O) groups excluding carboxylic acids is 1. The number of anilines is 1. The van der Waals surface area contributed by atoms with Gasteiger partial charge in [-0.1, -0.05) is 6.07 Å². The number of nitrogens with zero attached hydrogens (tertiary/aromatic N) is 1. The van der Waals surface area contributed by atoms with Gasteiger partial charge >= 0.3 is 0 Å². The number of pyridine rings is 1. The Labute approximate surface area is 113 Å². The summed E-state index contributed by atoms with van der Waals surface area (Å²) in [6, 6.07) is 7.72. The van der Waals surface area contributed by atoms with Crippen molar-refractivity contribution in [2.75, 3.05) is 5.43 Å². The van der Waals surface area contributed by atoms with Crippen molar-refractivity contribution in [2.45, 2.75) is 6.54 Å². The average Bonchev–Trinajstić information content (AvgIpc) is 2.48. The normalized spacial score (nSPS) is 10.2. The van der Waals surface area contributed by atoms with Crippen molar-refractivity contribution < 1.29 is 13.6 Å². The monoisotopic (exact) mass is 278 g/mol. The number of carbonyl (C=O) groups is 1. The molecule has 1 heterocycles. The van der Waals surface area contributed by atoms with Gasteiger partial charge in [-0.25, -0.2) is 19.6 Å². The van der Waals surface area contributed by atoms with Crippen LogP contribution in [0.25, 0.3) is 0 Å². The van der Waals surface area contributed by atoms with Gasteiger partial charge in [0.2, 0.25) is 0 Å². The van der Waals surface area contributed by atoms with Gasteiger partial charge in [0.05, 0.1) is 0 Å². The minimum Gasteiger partial charge on any atom is -0.347 e. The van der Waals surface area contributed by atoms with Gasteiger partial charge in [0.15, 0.2) is 0 Å². The van der Waals surface area contributed by atoms with E-state index in [0.717, 1.165) is 18.2 Å². The van der Waals surface area contributed by atoms with Crippen molar-refractivity contribution in [3.63, 3.8) is 0 Å². The standard InChI is InChI=1S/C13H12F2N4O/c14-9-4-5-10(15)8(6-9)7-17-13(20)11-2-1-3-12(18-11)19-16/h1-6H,7,16H2,(H,17,20)(H,18,19). The Bertz CT molecular complexity index is 634. The van der Waals surface area contributed by atoms with Crippen LogP contribution < -0.4 is 16.6 Å². The number of nitrogens with two attached hydrogens (primary N) is 1. The lowest BCUT2D eigenvalue weighted by Gasteiger charge is -2.07. The Kier molecular flexibility index (Phi) is 4.21. The van der Waals surface area contributed by atoms with Gasteiger partial charge in [-0.3, -0.25) is 4.79 Å². The molecule has 0 aliphatic heterocycles. The van der Waals surface area contributed by atoms with E-state index in [-0.39, 0.29) is 17.8 Å². The second-order valence-electron chi connectivity index (χ2n) is 3.97. The van der Waals surface area contributed by atoms with Gasteiger partial charge < -0.3 is 10.7 Å². The Hall–Kier alpha value is -2.54. The summed E-state index contributed by atoms with van der Waals surface area (Å²) in [5.41, 5.74) is 2.50. The van der Waals surface area contributed by atoms with Crippen LogP contribution >= 0.6 is 0 Å². The zero-order valence-corrected chi connectivity index (χ0v) is 10.4. The first-order valence-electron chi connectivity index (χ1n) is 5.76. The third-order valence-corrected chi connectivity index (χ3v) is 2.58. The number of rotatable bonds is 4. The van der Waals surface area contributed by atoms with Crippen molar-refractivity contribution >= 4 is 11.7 Å². The first-order valence-corrected chi connectivity index (χ1v) is 5.76. The highest BCUT2D eigenvalue weighted by Crippen LogP contribution is 2.10. The Morgan fingerprint density at radius 2 is 2.05 bits per heavy atom. The number of hydrazine groups is 1. The maximum absolute atomic E-state index is 13.4.